The van der Waals surface area contributed by atoms with E-state index in [1.807, 2.05) is 0 Å². The zero-order valence-corrected chi connectivity index (χ0v) is 34.2. The minimum Gasteiger partial charge on any atom is -0.394 e. The molecule has 0 aliphatic heterocycles. The second-order valence-corrected chi connectivity index (χ2v) is 15.7. The van der Waals surface area contributed by atoms with Gasteiger partial charge in [0.05, 0.1) is 26.4 Å². The van der Waals surface area contributed by atoms with Crippen LogP contribution in [0.25, 0.3) is 0 Å². The topological polar surface area (TPSA) is 115 Å². The molecule has 0 spiro atoms. The highest BCUT2D eigenvalue weighted by Gasteiger charge is 2.25. The Morgan fingerprint density at radius 3 is 1.02 bits per heavy atom. The van der Waals surface area contributed by atoms with Crippen LogP contribution < -0.4 is 0 Å². The lowest BCUT2D eigenvalue weighted by Gasteiger charge is -2.20. The SMILES string of the molecule is CCCCCCCC/C=C\CCCCCCCCO[C@@H](CO)COP(=O)(O)OC[C@H](CO)OCCCCCCCC/C=C\CCCCCCCC. The Morgan fingerprint density at radius 2 is 0.725 bits per heavy atom. The summed E-state index contributed by atoms with van der Waals surface area (Å²) >= 11 is 0. The lowest BCUT2D eigenvalue weighted by atomic mass is 10.1. The van der Waals surface area contributed by atoms with Crippen molar-refractivity contribution in [3.63, 3.8) is 0 Å². The first-order valence-corrected chi connectivity index (χ1v) is 22.8. The van der Waals surface area contributed by atoms with Crippen molar-refractivity contribution in [2.75, 3.05) is 39.6 Å². The minimum absolute atomic E-state index is 0.253. The van der Waals surface area contributed by atoms with E-state index in [4.69, 9.17) is 18.5 Å². The molecule has 0 radical (unpaired) electrons. The molecule has 0 aliphatic rings. The number of hydrogen-bond donors (Lipinski definition) is 3. The van der Waals surface area contributed by atoms with Crippen LogP contribution in [0.15, 0.2) is 24.3 Å². The fourth-order valence-electron chi connectivity index (χ4n) is 5.90. The van der Waals surface area contributed by atoms with E-state index in [0.717, 1.165) is 38.5 Å². The molecule has 0 aromatic carbocycles. The highest BCUT2D eigenvalue weighted by molar-refractivity contribution is 7.47. The van der Waals surface area contributed by atoms with Crippen LogP contribution in [0.5, 0.6) is 0 Å². The van der Waals surface area contributed by atoms with Crippen molar-refractivity contribution in [2.45, 2.75) is 206 Å². The van der Waals surface area contributed by atoms with E-state index in [1.54, 1.807) is 0 Å². The van der Waals surface area contributed by atoms with Crippen molar-refractivity contribution < 1.29 is 38.2 Å². The second-order valence-electron chi connectivity index (χ2n) is 14.3. The molecule has 0 bridgehead atoms. The van der Waals surface area contributed by atoms with E-state index in [-0.39, 0.29) is 26.4 Å². The molecule has 304 valence electrons. The third-order valence-corrected chi connectivity index (χ3v) is 10.2. The monoisotopic (exact) mass is 747 g/mol. The lowest BCUT2D eigenvalue weighted by molar-refractivity contribution is -0.0368. The molecule has 0 aromatic rings. The summed E-state index contributed by atoms with van der Waals surface area (Å²) in [5, 5.41) is 19.2. The summed E-state index contributed by atoms with van der Waals surface area (Å²) in [7, 11) is -4.37. The van der Waals surface area contributed by atoms with E-state index in [1.165, 1.54) is 141 Å². The molecule has 0 aliphatic carbocycles. The maximum Gasteiger partial charge on any atom is 0.472 e. The Morgan fingerprint density at radius 1 is 0.451 bits per heavy atom. The molecule has 0 aromatic heterocycles. The van der Waals surface area contributed by atoms with Crippen molar-refractivity contribution in [1.82, 2.24) is 0 Å². The second kappa shape index (κ2) is 40.6. The van der Waals surface area contributed by atoms with Gasteiger partial charge in [-0.05, 0) is 64.2 Å². The molecule has 0 amide bonds. The number of rotatable bonds is 42. The van der Waals surface area contributed by atoms with Gasteiger partial charge in [0, 0.05) is 13.2 Å². The quantitative estimate of drug-likeness (QED) is 0.0321. The van der Waals surface area contributed by atoms with Gasteiger partial charge in [-0.15, -0.1) is 0 Å². The number of aliphatic hydroxyl groups is 2. The fraction of sp³-hybridized carbons (Fsp3) is 0.905. The summed E-state index contributed by atoms with van der Waals surface area (Å²) in [5.41, 5.74) is 0. The molecule has 8 nitrogen and oxygen atoms in total. The summed E-state index contributed by atoms with van der Waals surface area (Å²) in [6, 6.07) is 0. The predicted octanol–water partition coefficient (Wildman–Crippen LogP) is 11.9. The standard InChI is InChI=1S/C42H83O8P/c1-3-5-7-9-11-13-15-17-19-21-23-25-27-29-31-33-35-47-41(37-43)39-49-51(45,46)50-40-42(38-44)48-36-34-32-30-28-26-24-22-20-18-16-14-12-10-8-6-4-2/h17-20,41-44H,3-16,21-40H2,1-2H3,(H,45,46)/b19-17-,20-18-/t41-,42-/m0/s1. The number of ether oxygens (including phenoxy) is 2. The molecular formula is C42H83O8P. The first kappa shape index (κ1) is 50.4. The predicted molar refractivity (Wildman–Crippen MR) is 214 cm³/mol. The first-order valence-electron chi connectivity index (χ1n) is 21.4. The third-order valence-electron chi connectivity index (χ3n) is 9.27. The molecule has 0 heterocycles. The lowest BCUT2D eigenvalue weighted by Crippen LogP contribution is -2.26. The number of allylic oxidation sites excluding steroid dienone is 4. The molecule has 0 unspecified atom stereocenters. The summed E-state index contributed by atoms with van der Waals surface area (Å²) in [5.74, 6) is 0. The van der Waals surface area contributed by atoms with Crippen LogP contribution in [0.1, 0.15) is 194 Å². The van der Waals surface area contributed by atoms with Gasteiger partial charge in [0.15, 0.2) is 0 Å². The Hall–Kier alpha value is -0.570. The van der Waals surface area contributed by atoms with Crippen LogP contribution in [0.3, 0.4) is 0 Å². The van der Waals surface area contributed by atoms with Gasteiger partial charge in [-0.3, -0.25) is 9.05 Å². The van der Waals surface area contributed by atoms with Crippen LogP contribution in [0.2, 0.25) is 0 Å². The van der Waals surface area contributed by atoms with Crippen molar-refractivity contribution >= 4 is 7.82 Å². The third kappa shape index (κ3) is 39.0. The van der Waals surface area contributed by atoms with E-state index in [0.29, 0.717) is 13.2 Å². The summed E-state index contributed by atoms with van der Waals surface area (Å²) < 4.78 is 33.8. The fourth-order valence-corrected chi connectivity index (χ4v) is 6.68. The normalized spacial score (nSPS) is 13.6. The van der Waals surface area contributed by atoms with Gasteiger partial charge in [-0.2, -0.15) is 0 Å². The Balaban J connectivity index is 3.73. The van der Waals surface area contributed by atoms with Crippen LogP contribution in [0.4, 0.5) is 0 Å². The molecule has 3 N–H and O–H groups in total. The maximum atomic E-state index is 12.3. The van der Waals surface area contributed by atoms with Crippen LogP contribution >= 0.6 is 7.82 Å². The number of phosphoric acid groups is 1. The number of unbranched alkanes of at least 4 members (excludes halogenated alkanes) is 24. The van der Waals surface area contributed by atoms with Crippen molar-refractivity contribution in [3.8, 4) is 0 Å². The van der Waals surface area contributed by atoms with E-state index in [2.05, 4.69) is 38.2 Å². The van der Waals surface area contributed by atoms with Crippen LogP contribution in [-0.4, -0.2) is 67.0 Å². The van der Waals surface area contributed by atoms with Crippen molar-refractivity contribution in [2.24, 2.45) is 0 Å². The zero-order chi connectivity index (χ0) is 37.4. The molecule has 51 heavy (non-hydrogen) atoms. The largest absolute Gasteiger partial charge is 0.472 e. The highest BCUT2D eigenvalue weighted by Crippen LogP contribution is 2.43. The van der Waals surface area contributed by atoms with Crippen LogP contribution in [0, 0.1) is 0 Å². The molecular weight excluding hydrogens is 663 g/mol. The summed E-state index contributed by atoms with van der Waals surface area (Å²) in [6.45, 7) is 4.30. The van der Waals surface area contributed by atoms with Gasteiger partial charge >= 0.3 is 7.82 Å². The van der Waals surface area contributed by atoms with E-state index in [9.17, 15) is 19.7 Å². The minimum atomic E-state index is -4.37. The molecule has 0 fully saturated rings. The van der Waals surface area contributed by atoms with Crippen molar-refractivity contribution in [3.05, 3.63) is 24.3 Å². The van der Waals surface area contributed by atoms with E-state index >= 15 is 0 Å². The average Bonchev–Trinajstić information content (AvgIpc) is 3.13. The van der Waals surface area contributed by atoms with Gasteiger partial charge in [-0.1, -0.05) is 154 Å². The van der Waals surface area contributed by atoms with Gasteiger partial charge in [0.2, 0.25) is 0 Å². The zero-order valence-electron chi connectivity index (χ0n) is 33.3. The number of hydrogen-bond acceptors (Lipinski definition) is 7. The maximum absolute atomic E-state index is 12.3. The Bertz CT molecular complexity index is 733. The summed E-state index contributed by atoms with van der Waals surface area (Å²) in [6.07, 6.45) is 42.5. The van der Waals surface area contributed by atoms with Gasteiger partial charge in [0.25, 0.3) is 0 Å². The molecule has 2 atom stereocenters. The molecule has 9 heteroatoms. The summed E-state index contributed by atoms with van der Waals surface area (Å²) in [4.78, 5) is 10.1. The number of aliphatic hydroxyl groups excluding tert-OH is 2. The van der Waals surface area contributed by atoms with Gasteiger partial charge in [-0.25, -0.2) is 4.57 Å². The van der Waals surface area contributed by atoms with E-state index < -0.39 is 20.0 Å². The molecule has 0 saturated heterocycles. The number of phosphoric ester groups is 1. The Kier molecular flexibility index (Phi) is 40.2. The molecule has 0 saturated carbocycles. The van der Waals surface area contributed by atoms with Crippen LogP contribution in [-0.2, 0) is 23.1 Å². The van der Waals surface area contributed by atoms with Crippen molar-refractivity contribution in [1.29, 1.82) is 0 Å². The van der Waals surface area contributed by atoms with Gasteiger partial charge < -0.3 is 24.6 Å². The highest BCUT2D eigenvalue weighted by atomic mass is 31.2. The van der Waals surface area contributed by atoms with Gasteiger partial charge in [0.1, 0.15) is 12.2 Å². The first-order chi connectivity index (χ1) is 25.0. The Labute approximate surface area is 315 Å². The average molecular weight is 747 g/mol. The molecule has 0 rings (SSSR count). The smallest absolute Gasteiger partial charge is 0.394 e.